The maximum atomic E-state index is 14.1. The lowest BCUT2D eigenvalue weighted by Gasteiger charge is -2.42. The maximum absolute atomic E-state index is 14.1. The lowest BCUT2D eigenvalue weighted by molar-refractivity contribution is -0.270. The third-order valence-electron chi connectivity index (χ3n) is 20.4. The first-order chi connectivity index (χ1) is 58.9. The highest BCUT2D eigenvalue weighted by molar-refractivity contribution is 5.81. The molecule has 4 aliphatic heterocycles. The maximum Gasteiger partial charge on any atom is 0.249 e. The van der Waals surface area contributed by atoms with E-state index in [1.165, 1.54) is 20.8 Å². The molecule has 43 nitrogen and oxygen atoms in total. The minimum Gasteiger partial charge on any atom is -0.394 e. The normalized spacial score (nSPS) is 25.5. The zero-order chi connectivity index (χ0) is 90.5. The zero-order valence-corrected chi connectivity index (χ0v) is 72.0. The van der Waals surface area contributed by atoms with E-state index in [9.17, 15) is 104 Å². The predicted molar refractivity (Wildman–Crippen MR) is 435 cm³/mol. The molecule has 0 saturated carbocycles. The van der Waals surface area contributed by atoms with Crippen molar-refractivity contribution in [2.75, 3.05) is 132 Å². The van der Waals surface area contributed by atoms with Crippen LogP contribution in [-0.4, -0.2) is 370 Å². The number of aliphatic hydroxyl groups excluding tert-OH is 10. The molecule has 15 unspecified atom stereocenters. The highest BCUT2D eigenvalue weighted by Gasteiger charge is 2.48. The summed E-state index contributed by atoms with van der Waals surface area (Å²) in [5.41, 5.74) is -1.44. The molecule has 123 heavy (non-hydrogen) atoms. The van der Waals surface area contributed by atoms with Crippen molar-refractivity contribution in [2.45, 2.75) is 311 Å². The van der Waals surface area contributed by atoms with Gasteiger partial charge in [-0.3, -0.25) is 52.7 Å². The Labute approximate surface area is 719 Å². The van der Waals surface area contributed by atoms with Gasteiger partial charge in [0, 0.05) is 138 Å². The van der Waals surface area contributed by atoms with Gasteiger partial charge in [-0.05, 0) is 84.5 Å². The largest absolute Gasteiger partial charge is 0.394 e. The van der Waals surface area contributed by atoms with E-state index in [4.69, 9.17) is 52.1 Å². The van der Waals surface area contributed by atoms with Gasteiger partial charge in [-0.15, -0.1) is 0 Å². The van der Waals surface area contributed by atoms with Gasteiger partial charge in [0.2, 0.25) is 65.0 Å². The average Bonchev–Trinajstić information content (AvgIpc) is 1.01. The van der Waals surface area contributed by atoms with Crippen LogP contribution in [0, 0.1) is 0 Å². The summed E-state index contributed by atoms with van der Waals surface area (Å²) in [6.45, 7) is 6.59. The van der Waals surface area contributed by atoms with E-state index in [1.807, 2.05) is 13.8 Å². The minimum absolute atomic E-state index is 0.0475. The first-order valence-electron chi connectivity index (χ1n) is 43.3. The van der Waals surface area contributed by atoms with Crippen molar-refractivity contribution < 1.29 is 156 Å². The highest BCUT2D eigenvalue weighted by atomic mass is 16.7. The van der Waals surface area contributed by atoms with E-state index in [0.717, 1.165) is 32.1 Å². The molecule has 4 saturated heterocycles. The molecule has 0 bridgehead atoms. The van der Waals surface area contributed by atoms with Crippen LogP contribution in [0.1, 0.15) is 189 Å². The van der Waals surface area contributed by atoms with E-state index in [0.29, 0.717) is 77.2 Å². The Kier molecular flexibility index (Phi) is 55.2. The van der Waals surface area contributed by atoms with Crippen molar-refractivity contribution in [1.29, 1.82) is 0 Å². The van der Waals surface area contributed by atoms with Gasteiger partial charge in [0.05, 0.1) is 78.3 Å². The molecule has 11 amide bonds. The standard InChI is InChI=1S/C80H143N11O32/c1-50(2)119-46-59-54(98)42-55(120-59)76(112)87-29-15-10-8-6-7-9-11-25-66(105)91-80(47-113-39-26-63(102)84-33-19-30-81-60(99)22-12-16-36-116-77-67(88-51(3)95)73(109)70(106)56(43-92)121-77,48-114-40-27-64(103)85-34-20-31-82-61(100)23-13-17-37-117-78-68(89-52(4)96)74(110)71(107)57(44-93)122-78)49-115-41-28-65(104)86-35-21-32-83-62(101)24-14-18-38-118-79-69(90-53(5)97)75(111)72(108)58(45-94)123-79/h50,54-59,67-75,77-79,92-94,98,106-111H,6-49H2,1-5H3,(H,81,99)(H,82,100)(H,83,101)(H,84,102)(H,85,103)(H,86,104)(H,87,112)(H,88,95)(H,89,96)(H,90,97)(H,91,105)/t54-,55-,56?,57?,58?,59+,67?,68?,69?,70?,71?,72?,73?,74?,75?,77?,78?,79?,80?/m1/s1. The SMILES string of the molecule is CC(=O)NC1C(OCCCCC(=O)NCCCNC(=O)CCOCC(COCCC(=O)NCCCNC(=O)CCCCOC2OC(CO)C(O)C(O)C2NC(C)=O)(COCCC(=O)NCCCNC(=O)CCCCOC2OC(CO)C(O)C(O)C2NC(C)=O)NC(=O)CCCCCCCCCNC(=O)[C@H]2C[C@@H](O)[C@H](COC(C)C)O2)OC(CO)C(O)C1O. The van der Waals surface area contributed by atoms with Crippen molar-refractivity contribution in [3.8, 4) is 0 Å². The molecule has 4 heterocycles. The molecule has 18 atom stereocenters. The van der Waals surface area contributed by atoms with E-state index in [-0.39, 0.29) is 210 Å². The Morgan fingerprint density at radius 1 is 0.350 bits per heavy atom. The smallest absolute Gasteiger partial charge is 0.249 e. The van der Waals surface area contributed by atoms with Gasteiger partial charge >= 0.3 is 0 Å². The Bertz CT molecular complexity index is 2820. The summed E-state index contributed by atoms with van der Waals surface area (Å²) in [5.74, 6) is -4.07. The molecule has 4 aliphatic rings. The van der Waals surface area contributed by atoms with Crippen LogP contribution >= 0.6 is 0 Å². The Hall–Kier alpha value is -6.67. The minimum atomic E-state index is -1.47. The summed E-state index contributed by atoms with van der Waals surface area (Å²) in [4.78, 5) is 140. The van der Waals surface area contributed by atoms with E-state index in [2.05, 4.69) is 58.5 Å². The third kappa shape index (κ3) is 44.6. The molecular formula is C80H143N11O32. The van der Waals surface area contributed by atoms with Gasteiger partial charge in [0.1, 0.15) is 90.8 Å². The molecule has 0 aliphatic carbocycles. The van der Waals surface area contributed by atoms with Crippen LogP contribution in [-0.2, 0) is 105 Å². The average molecular weight is 1770 g/mol. The number of carbonyl (C=O) groups is 11. The van der Waals surface area contributed by atoms with Crippen LogP contribution in [0.25, 0.3) is 0 Å². The summed E-state index contributed by atoms with van der Waals surface area (Å²) in [6, 6.07) is -3.30. The number of rotatable bonds is 66. The van der Waals surface area contributed by atoms with Crippen molar-refractivity contribution in [1.82, 2.24) is 58.5 Å². The number of aliphatic hydroxyl groups is 10. The number of unbranched alkanes of at least 4 members (excludes halogenated alkanes) is 9. The quantitative estimate of drug-likeness (QED) is 0.0253. The monoisotopic (exact) mass is 1770 g/mol. The molecule has 43 heteroatoms. The lowest BCUT2D eigenvalue weighted by Crippen LogP contribution is -2.64. The van der Waals surface area contributed by atoms with Crippen molar-refractivity contribution in [3.63, 3.8) is 0 Å². The number of carbonyl (C=O) groups excluding carboxylic acids is 11. The van der Waals surface area contributed by atoms with E-state index < -0.39 is 153 Å². The van der Waals surface area contributed by atoms with Gasteiger partial charge in [0.25, 0.3) is 0 Å². The van der Waals surface area contributed by atoms with Gasteiger partial charge in [-0.2, -0.15) is 0 Å². The summed E-state index contributed by atoms with van der Waals surface area (Å²) < 4.78 is 63.6. The van der Waals surface area contributed by atoms with Crippen LogP contribution in [0.2, 0.25) is 0 Å². The summed E-state index contributed by atoms with van der Waals surface area (Å²) in [5, 5.41) is 132. The molecular weight excluding hydrogens is 1630 g/mol. The number of hydrogen-bond acceptors (Lipinski definition) is 32. The third-order valence-corrected chi connectivity index (χ3v) is 20.4. The predicted octanol–water partition coefficient (Wildman–Crippen LogP) is -5.50. The molecule has 0 aromatic heterocycles. The molecule has 0 radical (unpaired) electrons. The molecule has 21 N–H and O–H groups in total. The van der Waals surface area contributed by atoms with Crippen LogP contribution in [0.3, 0.4) is 0 Å². The van der Waals surface area contributed by atoms with E-state index in [1.54, 1.807) is 0 Å². The molecule has 710 valence electrons. The first-order valence-corrected chi connectivity index (χ1v) is 43.3. The van der Waals surface area contributed by atoms with Gasteiger partial charge in [-0.25, -0.2) is 0 Å². The fraction of sp³-hybridized carbons (Fsp3) is 0.863. The molecule has 0 aromatic rings. The molecule has 4 fully saturated rings. The van der Waals surface area contributed by atoms with Gasteiger partial charge in [0.15, 0.2) is 18.9 Å². The Morgan fingerprint density at radius 3 is 0.976 bits per heavy atom. The number of ether oxygens (including phenoxy) is 11. The second kappa shape index (κ2) is 62.5. The van der Waals surface area contributed by atoms with Gasteiger partial charge < -0.3 is 162 Å². The molecule has 4 rings (SSSR count). The molecule has 0 aromatic carbocycles. The topological polar surface area (TPSA) is 624 Å². The van der Waals surface area contributed by atoms with Crippen LogP contribution in [0.5, 0.6) is 0 Å². The Morgan fingerprint density at radius 2 is 0.650 bits per heavy atom. The second-order valence-electron chi connectivity index (χ2n) is 31.5. The number of hydrogen-bond donors (Lipinski definition) is 21. The highest BCUT2D eigenvalue weighted by Crippen LogP contribution is 2.27. The van der Waals surface area contributed by atoms with Gasteiger partial charge in [-0.1, -0.05) is 32.1 Å². The van der Waals surface area contributed by atoms with Crippen LogP contribution in [0.15, 0.2) is 0 Å². The summed E-state index contributed by atoms with van der Waals surface area (Å²) >= 11 is 0. The van der Waals surface area contributed by atoms with Crippen molar-refractivity contribution in [3.05, 3.63) is 0 Å². The second-order valence-corrected chi connectivity index (χ2v) is 31.5. The zero-order valence-electron chi connectivity index (χ0n) is 72.0. The summed E-state index contributed by atoms with van der Waals surface area (Å²) in [7, 11) is 0. The van der Waals surface area contributed by atoms with Crippen LogP contribution in [0.4, 0.5) is 0 Å². The fourth-order valence-corrected chi connectivity index (χ4v) is 13.6. The van der Waals surface area contributed by atoms with Crippen molar-refractivity contribution in [2.24, 2.45) is 0 Å². The number of nitrogens with one attached hydrogen (secondary N) is 11. The first kappa shape index (κ1) is 109. The van der Waals surface area contributed by atoms with E-state index >= 15 is 0 Å². The fourth-order valence-electron chi connectivity index (χ4n) is 13.6. The Balaban J connectivity index is 1.30. The van der Waals surface area contributed by atoms with Crippen molar-refractivity contribution >= 4 is 65.0 Å². The summed E-state index contributed by atoms with van der Waals surface area (Å²) in [6.07, 6.45) is -8.73. The lowest BCUT2D eigenvalue weighted by atomic mass is 9.97. The number of amides is 11. The van der Waals surface area contributed by atoms with Crippen LogP contribution < -0.4 is 58.5 Å². The molecule has 0 spiro atoms.